The lowest BCUT2D eigenvalue weighted by molar-refractivity contribution is -0.137. The molecule has 1 aromatic rings. The van der Waals surface area contributed by atoms with Crippen molar-refractivity contribution in [3.63, 3.8) is 0 Å². The van der Waals surface area contributed by atoms with E-state index in [2.05, 4.69) is 43.5 Å². The molecule has 0 bridgehead atoms. The van der Waals surface area contributed by atoms with E-state index in [9.17, 15) is 13.2 Å². The second kappa shape index (κ2) is 7.87. The highest BCUT2D eigenvalue weighted by molar-refractivity contribution is 6.33. The van der Waals surface area contributed by atoms with Gasteiger partial charge in [0.2, 0.25) is 0 Å². The van der Waals surface area contributed by atoms with E-state index in [1.165, 1.54) is 11.6 Å². The minimum Gasteiger partial charge on any atom is -0.277 e. The normalized spacial score (nSPS) is 21.0. The Morgan fingerprint density at radius 1 is 1.35 bits per heavy atom. The highest BCUT2D eigenvalue weighted by Crippen LogP contribution is 2.41. The van der Waals surface area contributed by atoms with Crippen molar-refractivity contribution in [2.24, 2.45) is 16.4 Å². The molecule has 1 N–H and O–H groups in total. The van der Waals surface area contributed by atoms with E-state index in [1.807, 2.05) is 6.08 Å². The molecule has 26 heavy (non-hydrogen) atoms. The molecular weight excluding hydrogens is 361 g/mol. The lowest BCUT2D eigenvalue weighted by Crippen LogP contribution is -2.26. The largest absolute Gasteiger partial charge is 0.416 e. The van der Waals surface area contributed by atoms with Gasteiger partial charge < -0.3 is 0 Å². The van der Waals surface area contributed by atoms with Gasteiger partial charge in [-0.15, -0.1) is 0 Å². The molecule has 0 heterocycles. The fourth-order valence-electron chi connectivity index (χ4n) is 3.19. The number of anilines is 1. The summed E-state index contributed by atoms with van der Waals surface area (Å²) in [5.74, 6) is 0.318. The van der Waals surface area contributed by atoms with Gasteiger partial charge in [-0.25, -0.2) is 0 Å². The van der Waals surface area contributed by atoms with Gasteiger partial charge in [0.25, 0.3) is 0 Å². The Bertz CT molecular complexity index is 746. The van der Waals surface area contributed by atoms with E-state index in [0.29, 0.717) is 11.6 Å². The van der Waals surface area contributed by atoms with Crippen molar-refractivity contribution in [3.8, 4) is 0 Å². The van der Waals surface area contributed by atoms with Crippen LogP contribution in [0.15, 0.2) is 47.1 Å². The van der Waals surface area contributed by atoms with Crippen molar-refractivity contribution in [3.05, 3.63) is 52.6 Å². The summed E-state index contributed by atoms with van der Waals surface area (Å²) in [5.41, 5.74) is 4.16. The van der Waals surface area contributed by atoms with Crippen LogP contribution in [0.2, 0.25) is 5.02 Å². The molecule has 1 atom stereocenters. The Kier molecular flexibility index (Phi) is 6.22. The zero-order valence-electron chi connectivity index (χ0n) is 15.4. The van der Waals surface area contributed by atoms with Gasteiger partial charge in [0.1, 0.15) is 0 Å². The van der Waals surface area contributed by atoms with Crippen molar-refractivity contribution in [1.29, 1.82) is 0 Å². The van der Waals surface area contributed by atoms with Crippen LogP contribution in [0.5, 0.6) is 0 Å². The zero-order chi connectivity index (χ0) is 19.5. The van der Waals surface area contributed by atoms with E-state index in [1.54, 1.807) is 6.92 Å². The molecule has 0 saturated carbocycles. The molecule has 142 valence electrons. The molecule has 0 spiro atoms. The number of halogens is 4. The third-order valence-electron chi connectivity index (χ3n) is 4.76. The average molecular weight is 385 g/mol. The van der Waals surface area contributed by atoms with Crippen LogP contribution in [0.1, 0.15) is 46.1 Å². The third kappa shape index (κ3) is 5.13. The minimum absolute atomic E-state index is 0.128. The first kappa shape index (κ1) is 20.6. The molecule has 0 aromatic heterocycles. The fourth-order valence-corrected chi connectivity index (χ4v) is 3.35. The molecule has 0 aliphatic heterocycles. The van der Waals surface area contributed by atoms with E-state index < -0.39 is 11.7 Å². The maximum atomic E-state index is 12.8. The van der Waals surface area contributed by atoms with Crippen LogP contribution in [-0.2, 0) is 6.18 Å². The number of alkyl halides is 3. The van der Waals surface area contributed by atoms with Crippen LogP contribution >= 0.6 is 11.6 Å². The van der Waals surface area contributed by atoms with E-state index >= 15 is 0 Å². The van der Waals surface area contributed by atoms with Crippen LogP contribution in [0, 0.1) is 11.3 Å². The number of nitrogens with one attached hydrogen (secondary N) is 1. The van der Waals surface area contributed by atoms with Gasteiger partial charge in [0.15, 0.2) is 0 Å². The molecule has 0 saturated heterocycles. The summed E-state index contributed by atoms with van der Waals surface area (Å²) in [4.78, 5) is 0. The number of hydrogen-bond donors (Lipinski definition) is 1. The Morgan fingerprint density at radius 2 is 2.04 bits per heavy atom. The summed E-state index contributed by atoms with van der Waals surface area (Å²) in [6.45, 7) is 8.40. The maximum absolute atomic E-state index is 12.8. The Morgan fingerprint density at radius 3 is 2.65 bits per heavy atom. The van der Waals surface area contributed by atoms with Crippen molar-refractivity contribution in [1.82, 2.24) is 0 Å². The summed E-state index contributed by atoms with van der Waals surface area (Å²) in [6.07, 6.45) is 4.05. The fraction of sp³-hybridized carbons (Fsp3) is 0.450. The third-order valence-corrected chi connectivity index (χ3v) is 5.09. The van der Waals surface area contributed by atoms with Crippen molar-refractivity contribution < 1.29 is 13.2 Å². The Labute approximate surface area is 157 Å². The number of hydrazone groups is 1. The molecule has 1 unspecified atom stereocenters. The highest BCUT2D eigenvalue weighted by atomic mass is 35.5. The summed E-state index contributed by atoms with van der Waals surface area (Å²) >= 11 is 5.96. The van der Waals surface area contributed by atoms with Gasteiger partial charge in [-0.3, -0.25) is 5.43 Å². The maximum Gasteiger partial charge on any atom is 0.416 e. The van der Waals surface area contributed by atoms with Crippen molar-refractivity contribution in [2.45, 2.75) is 46.7 Å². The molecule has 0 amide bonds. The summed E-state index contributed by atoms with van der Waals surface area (Å²) < 4.78 is 38.4. The topological polar surface area (TPSA) is 24.4 Å². The van der Waals surface area contributed by atoms with Crippen LogP contribution in [0.25, 0.3) is 0 Å². The number of benzene rings is 1. The summed E-state index contributed by atoms with van der Waals surface area (Å²) in [6, 6.07) is 3.12. The van der Waals surface area contributed by atoms with Gasteiger partial charge in [-0.05, 0) is 56.4 Å². The lowest BCUT2D eigenvalue weighted by Gasteiger charge is -2.36. The number of hydrogen-bond acceptors (Lipinski definition) is 2. The van der Waals surface area contributed by atoms with E-state index in [-0.39, 0.29) is 16.1 Å². The smallest absolute Gasteiger partial charge is 0.277 e. The molecule has 0 fully saturated rings. The summed E-state index contributed by atoms with van der Waals surface area (Å²) in [7, 11) is 0. The number of nitrogens with zero attached hydrogens (tertiary/aromatic N) is 1. The molecular formula is C20H24ClF3N2. The quantitative estimate of drug-likeness (QED) is 0.334. The second-order valence-electron chi connectivity index (χ2n) is 7.37. The molecule has 0 radical (unpaired) electrons. The van der Waals surface area contributed by atoms with Gasteiger partial charge in [0, 0.05) is 5.92 Å². The molecule has 2 rings (SSSR count). The molecule has 1 aromatic carbocycles. The van der Waals surface area contributed by atoms with E-state index in [4.69, 9.17) is 11.6 Å². The number of allylic oxidation sites excluding steroid dienone is 4. The van der Waals surface area contributed by atoms with Gasteiger partial charge >= 0.3 is 6.18 Å². The highest BCUT2D eigenvalue weighted by Gasteiger charge is 2.31. The molecule has 1 aliphatic rings. The zero-order valence-corrected chi connectivity index (χ0v) is 16.2. The molecule has 6 heteroatoms. The summed E-state index contributed by atoms with van der Waals surface area (Å²) in [5, 5.41) is 4.33. The Balaban J connectivity index is 2.14. The van der Waals surface area contributed by atoms with E-state index in [0.717, 1.165) is 25.0 Å². The van der Waals surface area contributed by atoms with Crippen LogP contribution in [0.3, 0.4) is 0 Å². The SMILES string of the molecule is CC1=CCCC(C)(C)C1/C=C/C(C)=N\Nc1cc(C(F)(F)F)ccc1Cl. The predicted molar refractivity (Wildman–Crippen MR) is 103 cm³/mol. The number of rotatable bonds is 4. The monoisotopic (exact) mass is 384 g/mol. The first-order valence-electron chi connectivity index (χ1n) is 8.52. The predicted octanol–water partition coefficient (Wildman–Crippen LogP) is 7.09. The average Bonchev–Trinajstić information content (AvgIpc) is 2.51. The van der Waals surface area contributed by atoms with Crippen molar-refractivity contribution >= 4 is 23.0 Å². The first-order chi connectivity index (χ1) is 12.0. The van der Waals surface area contributed by atoms with Gasteiger partial charge in [-0.2, -0.15) is 18.3 Å². The standard InChI is InChI=1S/C20H24ClF3N2/c1-13-6-5-11-19(3,4)16(13)9-7-14(2)25-26-18-12-15(20(22,23)24)8-10-17(18)21/h6-10,12,16,26H,5,11H2,1-4H3/b9-7+,25-14-. The molecule has 2 nitrogen and oxygen atoms in total. The first-order valence-corrected chi connectivity index (χ1v) is 8.90. The van der Waals surface area contributed by atoms with Gasteiger partial charge in [0.05, 0.1) is 22.0 Å². The second-order valence-corrected chi connectivity index (χ2v) is 7.78. The van der Waals surface area contributed by atoms with Crippen molar-refractivity contribution in [2.75, 3.05) is 5.43 Å². The minimum atomic E-state index is -4.42. The van der Waals surface area contributed by atoms with Crippen LogP contribution < -0.4 is 5.43 Å². The lowest BCUT2D eigenvalue weighted by atomic mass is 9.68. The van der Waals surface area contributed by atoms with Crippen LogP contribution in [-0.4, -0.2) is 5.71 Å². The Hall–Kier alpha value is -1.75. The molecule has 1 aliphatic carbocycles. The van der Waals surface area contributed by atoms with Crippen LogP contribution in [0.4, 0.5) is 18.9 Å². The van der Waals surface area contributed by atoms with Gasteiger partial charge in [-0.1, -0.05) is 43.2 Å².